The van der Waals surface area contributed by atoms with Crippen LogP contribution >= 0.6 is 0 Å². The van der Waals surface area contributed by atoms with Crippen molar-refractivity contribution in [3.63, 3.8) is 0 Å². The van der Waals surface area contributed by atoms with Gasteiger partial charge in [0.2, 0.25) is 5.91 Å². The first-order valence-electron chi connectivity index (χ1n) is 7.42. The van der Waals surface area contributed by atoms with Crippen LogP contribution in [-0.2, 0) is 20.7 Å². The highest BCUT2D eigenvalue weighted by Crippen LogP contribution is 2.20. The van der Waals surface area contributed by atoms with E-state index in [-0.39, 0.29) is 11.9 Å². The van der Waals surface area contributed by atoms with E-state index in [9.17, 15) is 9.59 Å². The molecule has 0 aromatic heterocycles. The number of esters is 1. The van der Waals surface area contributed by atoms with Gasteiger partial charge in [-0.15, -0.1) is 0 Å². The zero-order valence-electron chi connectivity index (χ0n) is 12.4. The smallest absolute Gasteiger partial charge is 0.328 e. The number of anilines is 1. The molecular formula is C16H22N2O3. The molecule has 5 heteroatoms. The van der Waals surface area contributed by atoms with Gasteiger partial charge in [0.25, 0.3) is 0 Å². The number of hydrogen-bond acceptors (Lipinski definition) is 4. The summed E-state index contributed by atoms with van der Waals surface area (Å²) in [6.45, 7) is 2.76. The lowest BCUT2D eigenvalue weighted by Crippen LogP contribution is -2.41. The highest BCUT2D eigenvalue weighted by atomic mass is 16.5. The van der Waals surface area contributed by atoms with Crippen LogP contribution in [0.25, 0.3) is 0 Å². The quantitative estimate of drug-likeness (QED) is 0.662. The normalized spacial score (nSPS) is 17.8. The Morgan fingerprint density at radius 3 is 2.95 bits per heavy atom. The molecule has 2 rings (SSSR count). The molecule has 0 spiro atoms. The molecule has 1 atom stereocenters. The number of aryl methyl sites for hydroxylation is 1. The number of likely N-dealkylation sites (tertiary alicyclic amines) is 1. The van der Waals surface area contributed by atoms with Gasteiger partial charge in [-0.05, 0) is 43.9 Å². The highest BCUT2D eigenvalue weighted by molar-refractivity contribution is 5.85. The van der Waals surface area contributed by atoms with E-state index in [1.165, 1.54) is 0 Å². The predicted octanol–water partition coefficient (Wildman–Crippen LogP) is 1.76. The van der Waals surface area contributed by atoms with Crippen molar-refractivity contribution in [3.05, 3.63) is 29.8 Å². The summed E-state index contributed by atoms with van der Waals surface area (Å²) in [6, 6.07) is 7.13. The Morgan fingerprint density at radius 1 is 1.43 bits per heavy atom. The van der Waals surface area contributed by atoms with Gasteiger partial charge in [-0.2, -0.15) is 0 Å². The Bertz CT molecular complexity index is 516. The third kappa shape index (κ3) is 3.97. The molecule has 0 saturated carbocycles. The van der Waals surface area contributed by atoms with Gasteiger partial charge in [0.1, 0.15) is 6.04 Å². The van der Waals surface area contributed by atoms with E-state index in [0.29, 0.717) is 38.1 Å². The van der Waals surface area contributed by atoms with Crippen LogP contribution in [0.5, 0.6) is 0 Å². The molecule has 21 heavy (non-hydrogen) atoms. The Hall–Kier alpha value is -2.04. The Morgan fingerprint density at radius 2 is 2.24 bits per heavy atom. The summed E-state index contributed by atoms with van der Waals surface area (Å²) < 4.78 is 5.04. The molecule has 114 valence electrons. The van der Waals surface area contributed by atoms with Crippen molar-refractivity contribution >= 4 is 17.6 Å². The average molecular weight is 290 g/mol. The molecular weight excluding hydrogens is 268 g/mol. The van der Waals surface area contributed by atoms with Gasteiger partial charge in [0.15, 0.2) is 0 Å². The van der Waals surface area contributed by atoms with Crippen LogP contribution < -0.4 is 5.73 Å². The number of ether oxygens (including phenoxy) is 1. The molecule has 0 aliphatic carbocycles. The minimum Gasteiger partial charge on any atom is -0.464 e. The first-order chi connectivity index (χ1) is 10.1. The maximum Gasteiger partial charge on any atom is 0.328 e. The van der Waals surface area contributed by atoms with E-state index < -0.39 is 6.04 Å². The summed E-state index contributed by atoms with van der Waals surface area (Å²) in [5, 5.41) is 0. The molecule has 1 amide bonds. The molecule has 1 aliphatic heterocycles. The van der Waals surface area contributed by atoms with Gasteiger partial charge in [-0.25, -0.2) is 4.79 Å². The van der Waals surface area contributed by atoms with Crippen molar-refractivity contribution in [2.24, 2.45) is 0 Å². The lowest BCUT2D eigenvalue weighted by molar-refractivity contribution is -0.153. The zero-order valence-corrected chi connectivity index (χ0v) is 12.4. The summed E-state index contributed by atoms with van der Waals surface area (Å²) in [5.74, 6) is -0.278. The van der Waals surface area contributed by atoms with E-state index >= 15 is 0 Å². The zero-order chi connectivity index (χ0) is 15.2. The van der Waals surface area contributed by atoms with Gasteiger partial charge >= 0.3 is 5.97 Å². The number of nitrogens with two attached hydrogens (primary N) is 1. The van der Waals surface area contributed by atoms with Crippen molar-refractivity contribution < 1.29 is 14.3 Å². The topological polar surface area (TPSA) is 72.6 Å². The van der Waals surface area contributed by atoms with E-state index in [0.717, 1.165) is 12.0 Å². The molecule has 1 unspecified atom stereocenters. The Kier molecular flexibility index (Phi) is 5.20. The number of rotatable bonds is 5. The van der Waals surface area contributed by atoms with Gasteiger partial charge in [-0.3, -0.25) is 4.79 Å². The summed E-state index contributed by atoms with van der Waals surface area (Å²) >= 11 is 0. The number of amides is 1. The van der Waals surface area contributed by atoms with Gasteiger partial charge in [0.05, 0.1) is 6.61 Å². The Labute approximate surface area is 125 Å². The monoisotopic (exact) mass is 290 g/mol. The van der Waals surface area contributed by atoms with Crippen molar-refractivity contribution in [2.45, 2.75) is 38.6 Å². The van der Waals surface area contributed by atoms with E-state index in [4.69, 9.17) is 10.5 Å². The van der Waals surface area contributed by atoms with Crippen molar-refractivity contribution in [2.75, 3.05) is 18.9 Å². The fourth-order valence-electron chi connectivity index (χ4n) is 2.69. The van der Waals surface area contributed by atoms with Crippen LogP contribution in [0, 0.1) is 0 Å². The maximum atomic E-state index is 12.3. The van der Waals surface area contributed by atoms with Gasteiger partial charge in [0, 0.05) is 18.7 Å². The molecule has 1 aromatic carbocycles. The Balaban J connectivity index is 1.91. The van der Waals surface area contributed by atoms with Crippen LogP contribution in [0.4, 0.5) is 5.69 Å². The number of nitrogen functional groups attached to an aromatic ring is 1. The molecule has 0 bridgehead atoms. The minimum atomic E-state index is -0.404. The third-order valence-corrected chi connectivity index (χ3v) is 3.71. The van der Waals surface area contributed by atoms with Crippen LogP contribution in [-0.4, -0.2) is 36.0 Å². The second-order valence-electron chi connectivity index (χ2n) is 5.24. The predicted molar refractivity (Wildman–Crippen MR) is 80.5 cm³/mol. The van der Waals surface area contributed by atoms with Crippen molar-refractivity contribution in [1.29, 1.82) is 0 Å². The highest BCUT2D eigenvalue weighted by Gasteiger charge is 2.34. The van der Waals surface area contributed by atoms with Crippen LogP contribution in [0.15, 0.2) is 24.3 Å². The van der Waals surface area contributed by atoms with Crippen molar-refractivity contribution in [3.8, 4) is 0 Å². The number of hydrogen-bond donors (Lipinski definition) is 1. The average Bonchev–Trinajstić information content (AvgIpc) is 2.94. The van der Waals surface area contributed by atoms with Crippen LogP contribution in [0.3, 0.4) is 0 Å². The number of carbonyl (C=O) groups is 2. The van der Waals surface area contributed by atoms with Gasteiger partial charge in [-0.1, -0.05) is 12.1 Å². The molecule has 2 N–H and O–H groups in total. The fourth-order valence-corrected chi connectivity index (χ4v) is 2.69. The van der Waals surface area contributed by atoms with Gasteiger partial charge < -0.3 is 15.4 Å². The molecule has 1 saturated heterocycles. The standard InChI is InChI=1S/C16H22N2O3/c1-2-21-16(20)14-7-4-10-18(14)15(19)9-8-12-5-3-6-13(17)11-12/h3,5-6,11,14H,2,4,7-10,17H2,1H3. The van der Waals surface area contributed by atoms with Crippen LogP contribution in [0.2, 0.25) is 0 Å². The summed E-state index contributed by atoms with van der Waals surface area (Å²) in [5.41, 5.74) is 7.46. The molecule has 5 nitrogen and oxygen atoms in total. The van der Waals surface area contributed by atoms with Crippen LogP contribution in [0.1, 0.15) is 31.7 Å². The maximum absolute atomic E-state index is 12.3. The number of carbonyl (C=O) groups excluding carboxylic acids is 2. The van der Waals surface area contributed by atoms with E-state index in [2.05, 4.69) is 0 Å². The molecule has 1 aromatic rings. The molecule has 0 radical (unpaired) electrons. The first-order valence-corrected chi connectivity index (χ1v) is 7.42. The number of nitrogens with zero attached hydrogens (tertiary/aromatic N) is 1. The lowest BCUT2D eigenvalue weighted by atomic mass is 10.1. The number of benzene rings is 1. The summed E-state index contributed by atoms with van der Waals surface area (Å²) in [4.78, 5) is 25.8. The van der Waals surface area contributed by atoms with E-state index in [1.807, 2.05) is 24.3 Å². The fraction of sp³-hybridized carbons (Fsp3) is 0.500. The molecule has 1 aliphatic rings. The second kappa shape index (κ2) is 7.11. The first kappa shape index (κ1) is 15.4. The van der Waals surface area contributed by atoms with Crippen molar-refractivity contribution in [1.82, 2.24) is 4.90 Å². The summed E-state index contributed by atoms with van der Waals surface area (Å²) in [6.07, 6.45) is 2.58. The minimum absolute atomic E-state index is 0.00739. The second-order valence-corrected chi connectivity index (χ2v) is 5.24. The molecule has 1 fully saturated rings. The van der Waals surface area contributed by atoms with E-state index in [1.54, 1.807) is 11.8 Å². The molecule has 1 heterocycles. The largest absolute Gasteiger partial charge is 0.464 e. The SMILES string of the molecule is CCOC(=O)C1CCCN1C(=O)CCc1cccc(N)c1. The third-order valence-electron chi connectivity index (χ3n) is 3.71. The summed E-state index contributed by atoms with van der Waals surface area (Å²) in [7, 11) is 0. The lowest BCUT2D eigenvalue weighted by Gasteiger charge is -2.23.